The van der Waals surface area contributed by atoms with Crippen molar-refractivity contribution in [2.24, 2.45) is 5.41 Å². The molecule has 0 aliphatic heterocycles. The predicted molar refractivity (Wildman–Crippen MR) is 72.4 cm³/mol. The lowest BCUT2D eigenvalue weighted by Crippen LogP contribution is -2.30. The van der Waals surface area contributed by atoms with Crippen molar-refractivity contribution in [1.82, 2.24) is 0 Å². The molecular weight excluding hydrogens is 244 g/mol. The van der Waals surface area contributed by atoms with Crippen molar-refractivity contribution in [3.05, 3.63) is 23.3 Å². The molecule has 4 nitrogen and oxygen atoms in total. The first kappa shape index (κ1) is 13.8. The monoisotopic (exact) mass is 267 g/mol. The number of ether oxygens (including phenoxy) is 2. The number of methoxy groups -OCH3 is 1. The van der Waals surface area contributed by atoms with Crippen LogP contribution in [0.1, 0.15) is 41.9 Å². The van der Waals surface area contributed by atoms with Gasteiger partial charge in [0, 0.05) is 13.0 Å². The average molecular weight is 267 g/mol. The van der Waals surface area contributed by atoms with E-state index in [9.17, 15) is 9.59 Å². The van der Waals surface area contributed by atoms with E-state index in [0.717, 1.165) is 5.57 Å². The van der Waals surface area contributed by atoms with E-state index in [1.54, 1.807) is 13.0 Å². The molecule has 0 aromatic rings. The lowest BCUT2D eigenvalue weighted by atomic mass is 9.71. The summed E-state index contributed by atoms with van der Waals surface area (Å²) in [4.78, 5) is 22.4. The summed E-state index contributed by atoms with van der Waals surface area (Å²) < 4.78 is 18.1. The number of carbonyl (C=O) groups is 2. The fourth-order valence-corrected chi connectivity index (χ4v) is 2.28. The Morgan fingerprint density at radius 2 is 2.11 bits per heavy atom. The van der Waals surface area contributed by atoms with Gasteiger partial charge in [-0.2, -0.15) is 0 Å². The summed E-state index contributed by atoms with van der Waals surface area (Å²) in [7, 11) is 1.31. The summed E-state index contributed by atoms with van der Waals surface area (Å²) in [6.07, 6.45) is 2.79. The van der Waals surface area contributed by atoms with E-state index < -0.39 is 18.0 Å². The minimum absolute atomic E-state index is 0.181. The topological polar surface area (TPSA) is 52.6 Å². The van der Waals surface area contributed by atoms with E-state index in [1.165, 1.54) is 20.1 Å². The first-order valence-electron chi connectivity index (χ1n) is 6.80. The SMILES string of the molecule is [2H]C1(OC(C)=O)CCC(C)(C)C(C=CC(=O)OC)=C1C. The van der Waals surface area contributed by atoms with E-state index in [1.807, 2.05) is 13.8 Å². The molecule has 19 heavy (non-hydrogen) atoms. The van der Waals surface area contributed by atoms with Gasteiger partial charge in [-0.3, -0.25) is 4.79 Å². The molecule has 1 rings (SSSR count). The molecular formula is C15H22O4. The van der Waals surface area contributed by atoms with E-state index in [2.05, 4.69) is 4.74 Å². The molecule has 0 heterocycles. The van der Waals surface area contributed by atoms with Gasteiger partial charge in [-0.1, -0.05) is 19.9 Å². The van der Waals surface area contributed by atoms with Crippen molar-refractivity contribution in [3.8, 4) is 0 Å². The van der Waals surface area contributed by atoms with Crippen LogP contribution in [0.15, 0.2) is 23.3 Å². The first-order valence-corrected chi connectivity index (χ1v) is 6.30. The van der Waals surface area contributed by atoms with Gasteiger partial charge in [-0.25, -0.2) is 4.79 Å². The quantitative estimate of drug-likeness (QED) is 0.583. The van der Waals surface area contributed by atoms with Gasteiger partial charge in [0.05, 0.1) is 8.48 Å². The number of carbonyl (C=O) groups excluding carboxylic acids is 2. The molecule has 0 radical (unpaired) electrons. The molecule has 1 atom stereocenters. The van der Waals surface area contributed by atoms with Gasteiger partial charge in [0.15, 0.2) is 0 Å². The molecule has 0 bridgehead atoms. The fraction of sp³-hybridized carbons (Fsp3) is 0.600. The van der Waals surface area contributed by atoms with Crippen molar-refractivity contribution in [2.75, 3.05) is 7.11 Å². The lowest BCUT2D eigenvalue weighted by molar-refractivity contribution is -0.145. The standard InChI is InChI=1S/C15H22O4/c1-10-12(6-7-14(17)18-5)15(3,4)9-8-13(10)19-11(2)16/h6-7,13H,8-9H2,1-5H3/i13D. The second-order valence-corrected chi connectivity index (χ2v) is 5.30. The summed E-state index contributed by atoms with van der Waals surface area (Å²) in [6, 6.07) is 0. The zero-order chi connectivity index (χ0) is 15.6. The van der Waals surface area contributed by atoms with Crippen LogP contribution in [0.4, 0.5) is 0 Å². The van der Waals surface area contributed by atoms with Crippen LogP contribution in [-0.4, -0.2) is 25.1 Å². The molecule has 0 spiro atoms. The fourth-order valence-electron chi connectivity index (χ4n) is 2.28. The third-order valence-corrected chi connectivity index (χ3v) is 3.38. The molecule has 0 aromatic heterocycles. The van der Waals surface area contributed by atoms with Crippen molar-refractivity contribution in [2.45, 2.75) is 46.6 Å². The number of hydrogen-bond acceptors (Lipinski definition) is 4. The van der Waals surface area contributed by atoms with E-state index in [4.69, 9.17) is 6.11 Å². The van der Waals surface area contributed by atoms with Crippen LogP contribution in [0.2, 0.25) is 0 Å². The van der Waals surface area contributed by atoms with Gasteiger partial charge < -0.3 is 9.47 Å². The highest BCUT2D eigenvalue weighted by Crippen LogP contribution is 2.41. The van der Waals surface area contributed by atoms with Gasteiger partial charge in [0.1, 0.15) is 6.08 Å². The second-order valence-electron chi connectivity index (χ2n) is 5.30. The highest BCUT2D eigenvalue weighted by Gasteiger charge is 2.33. The summed E-state index contributed by atoms with van der Waals surface area (Å²) in [6.45, 7) is 7.16. The van der Waals surface area contributed by atoms with Crippen LogP contribution in [0.25, 0.3) is 0 Å². The second kappa shape index (κ2) is 6.04. The van der Waals surface area contributed by atoms with Crippen LogP contribution in [0.3, 0.4) is 0 Å². The average Bonchev–Trinajstić information content (AvgIpc) is 2.33. The molecule has 4 heteroatoms. The van der Waals surface area contributed by atoms with Crippen LogP contribution in [-0.2, 0) is 19.1 Å². The number of allylic oxidation sites excluding steroid dienone is 2. The molecule has 0 N–H and O–H groups in total. The molecule has 0 aromatic carbocycles. The summed E-state index contributed by atoms with van der Waals surface area (Å²) >= 11 is 0. The zero-order valence-electron chi connectivity index (χ0n) is 13.2. The van der Waals surface area contributed by atoms with Gasteiger partial charge in [-0.05, 0) is 36.3 Å². The van der Waals surface area contributed by atoms with Gasteiger partial charge in [0.2, 0.25) is 0 Å². The third kappa shape index (κ3) is 3.94. The van der Waals surface area contributed by atoms with Crippen LogP contribution >= 0.6 is 0 Å². The molecule has 106 valence electrons. The van der Waals surface area contributed by atoms with Crippen LogP contribution in [0.5, 0.6) is 0 Å². The molecule has 0 saturated heterocycles. The maximum absolute atomic E-state index is 11.2. The highest BCUT2D eigenvalue weighted by molar-refractivity contribution is 5.82. The van der Waals surface area contributed by atoms with Crippen molar-refractivity contribution in [1.29, 1.82) is 0 Å². The summed E-state index contributed by atoms with van der Waals surface area (Å²) in [5.41, 5.74) is 1.31. The molecule has 0 saturated carbocycles. The Labute approximate surface area is 115 Å². The van der Waals surface area contributed by atoms with Crippen molar-refractivity contribution in [3.63, 3.8) is 0 Å². The minimum atomic E-state index is -1.35. The Bertz CT molecular complexity index is 476. The number of rotatable bonds is 3. The number of hydrogen-bond donors (Lipinski definition) is 0. The third-order valence-electron chi connectivity index (χ3n) is 3.38. The van der Waals surface area contributed by atoms with Crippen LogP contribution < -0.4 is 0 Å². The smallest absolute Gasteiger partial charge is 0.330 e. The normalized spacial score (nSPS) is 27.1. The maximum Gasteiger partial charge on any atom is 0.330 e. The Balaban J connectivity index is 3.22. The van der Waals surface area contributed by atoms with Crippen molar-refractivity contribution < 1.29 is 20.4 Å². The first-order chi connectivity index (χ1) is 9.12. The van der Waals surface area contributed by atoms with Crippen LogP contribution in [0, 0.1) is 5.41 Å². The highest BCUT2D eigenvalue weighted by atomic mass is 16.5. The molecule has 1 aliphatic rings. The van der Waals surface area contributed by atoms with Gasteiger partial charge >= 0.3 is 11.9 Å². The molecule has 1 aliphatic carbocycles. The molecule has 0 fully saturated rings. The Hall–Kier alpha value is -1.58. The Kier molecular flexibility index (Phi) is 4.40. The molecule has 1 unspecified atom stereocenters. The van der Waals surface area contributed by atoms with E-state index >= 15 is 0 Å². The van der Waals surface area contributed by atoms with Gasteiger partial charge in [0.25, 0.3) is 0 Å². The lowest BCUT2D eigenvalue weighted by Gasteiger charge is -2.36. The predicted octanol–water partition coefficient (Wildman–Crippen LogP) is 2.78. The summed E-state index contributed by atoms with van der Waals surface area (Å²) in [5.74, 6) is -0.926. The van der Waals surface area contributed by atoms with Gasteiger partial charge in [-0.15, -0.1) is 0 Å². The van der Waals surface area contributed by atoms with E-state index in [0.29, 0.717) is 18.4 Å². The molecule has 0 amide bonds. The summed E-state index contributed by atoms with van der Waals surface area (Å²) in [5, 5.41) is 0. The largest absolute Gasteiger partial charge is 0.466 e. The van der Waals surface area contributed by atoms with Crippen molar-refractivity contribution >= 4 is 11.9 Å². The number of esters is 2. The van der Waals surface area contributed by atoms with E-state index in [-0.39, 0.29) is 5.41 Å². The maximum atomic E-state index is 11.2. The Morgan fingerprint density at radius 1 is 1.47 bits per heavy atom. The Morgan fingerprint density at radius 3 is 2.63 bits per heavy atom. The minimum Gasteiger partial charge on any atom is -0.466 e. The zero-order valence-corrected chi connectivity index (χ0v) is 12.2.